The molecule has 4 saturated carbocycles. The predicted molar refractivity (Wildman–Crippen MR) is 81.3 cm³/mol. The number of benzene rings is 1. The van der Waals surface area contributed by atoms with Gasteiger partial charge in [0, 0.05) is 11.6 Å². The minimum absolute atomic E-state index is 0.0788. The first-order valence-corrected chi connectivity index (χ1v) is 8.18. The SMILES string of the molecule is COc1ccc(C(=O)NC2C3CC4CC(C3)CC2C4)cc1. The normalized spacial score (nSPS) is 36.5. The minimum Gasteiger partial charge on any atom is -0.497 e. The number of carbonyl (C=O) groups excluding carboxylic acids is 1. The quantitative estimate of drug-likeness (QED) is 0.926. The van der Waals surface area contributed by atoms with E-state index >= 15 is 0 Å². The highest BCUT2D eigenvalue weighted by Gasteiger charge is 2.48. The van der Waals surface area contributed by atoms with Gasteiger partial charge < -0.3 is 10.1 Å². The van der Waals surface area contributed by atoms with Gasteiger partial charge in [-0.15, -0.1) is 0 Å². The summed E-state index contributed by atoms with van der Waals surface area (Å²) < 4.78 is 5.14. The summed E-state index contributed by atoms with van der Waals surface area (Å²) in [6, 6.07) is 7.82. The second kappa shape index (κ2) is 5.04. The van der Waals surface area contributed by atoms with Gasteiger partial charge in [-0.25, -0.2) is 0 Å². The first-order chi connectivity index (χ1) is 10.2. The zero-order valence-corrected chi connectivity index (χ0v) is 12.5. The van der Waals surface area contributed by atoms with Crippen molar-refractivity contribution in [3.05, 3.63) is 29.8 Å². The second-order valence-corrected chi connectivity index (χ2v) is 7.16. The summed E-state index contributed by atoms with van der Waals surface area (Å²) in [5, 5.41) is 3.34. The number of methoxy groups -OCH3 is 1. The van der Waals surface area contributed by atoms with Crippen molar-refractivity contribution in [3.63, 3.8) is 0 Å². The molecule has 4 fully saturated rings. The van der Waals surface area contributed by atoms with Gasteiger partial charge in [0.05, 0.1) is 7.11 Å². The Labute approximate surface area is 126 Å². The van der Waals surface area contributed by atoms with Crippen LogP contribution in [0.3, 0.4) is 0 Å². The van der Waals surface area contributed by atoms with Crippen molar-refractivity contribution >= 4 is 5.91 Å². The third-order valence-corrected chi connectivity index (χ3v) is 5.88. The minimum atomic E-state index is 0.0788. The molecule has 0 spiro atoms. The molecule has 3 heteroatoms. The molecular weight excluding hydrogens is 262 g/mol. The molecule has 21 heavy (non-hydrogen) atoms. The van der Waals surface area contributed by atoms with Gasteiger partial charge >= 0.3 is 0 Å². The molecular formula is C18H23NO2. The highest BCUT2D eigenvalue weighted by Crippen LogP contribution is 2.53. The molecule has 1 amide bonds. The fourth-order valence-corrected chi connectivity index (χ4v) is 5.14. The van der Waals surface area contributed by atoms with Crippen LogP contribution in [0.4, 0.5) is 0 Å². The van der Waals surface area contributed by atoms with Crippen LogP contribution >= 0.6 is 0 Å². The van der Waals surface area contributed by atoms with E-state index in [2.05, 4.69) is 5.32 Å². The molecule has 0 heterocycles. The molecule has 0 atom stereocenters. The monoisotopic (exact) mass is 285 g/mol. The van der Waals surface area contributed by atoms with Gasteiger partial charge in [-0.1, -0.05) is 0 Å². The standard InChI is InChI=1S/C18H23NO2/c1-21-16-4-2-13(3-5-16)18(20)19-17-14-7-11-6-12(9-14)10-15(17)8-11/h2-5,11-12,14-15,17H,6-10H2,1H3,(H,19,20). The van der Waals surface area contributed by atoms with Gasteiger partial charge in [-0.3, -0.25) is 4.79 Å². The van der Waals surface area contributed by atoms with E-state index in [1.54, 1.807) is 7.11 Å². The number of ether oxygens (including phenoxy) is 1. The van der Waals surface area contributed by atoms with Crippen molar-refractivity contribution < 1.29 is 9.53 Å². The topological polar surface area (TPSA) is 38.3 Å². The molecule has 4 bridgehead atoms. The Morgan fingerprint density at radius 2 is 1.57 bits per heavy atom. The van der Waals surface area contributed by atoms with Crippen LogP contribution in [0.5, 0.6) is 5.75 Å². The molecule has 0 saturated heterocycles. The Hall–Kier alpha value is -1.51. The molecule has 112 valence electrons. The molecule has 0 aliphatic heterocycles. The van der Waals surface area contributed by atoms with E-state index in [0.717, 1.165) is 35.0 Å². The first-order valence-electron chi connectivity index (χ1n) is 8.18. The molecule has 1 aromatic rings. The Morgan fingerprint density at radius 1 is 1.00 bits per heavy atom. The van der Waals surface area contributed by atoms with Crippen molar-refractivity contribution in [1.29, 1.82) is 0 Å². The molecule has 3 nitrogen and oxygen atoms in total. The lowest BCUT2D eigenvalue weighted by Gasteiger charge is -2.54. The third kappa shape index (κ3) is 2.33. The molecule has 1 N–H and O–H groups in total. The van der Waals surface area contributed by atoms with Crippen LogP contribution in [0.15, 0.2) is 24.3 Å². The maximum absolute atomic E-state index is 12.5. The highest BCUT2D eigenvalue weighted by molar-refractivity contribution is 5.94. The smallest absolute Gasteiger partial charge is 0.251 e. The highest BCUT2D eigenvalue weighted by atomic mass is 16.5. The summed E-state index contributed by atoms with van der Waals surface area (Å²) in [5.74, 6) is 4.21. The summed E-state index contributed by atoms with van der Waals surface area (Å²) in [6.45, 7) is 0. The number of carbonyl (C=O) groups is 1. The lowest BCUT2D eigenvalue weighted by molar-refractivity contribution is -0.0119. The van der Waals surface area contributed by atoms with Gasteiger partial charge in [-0.05, 0) is 80.0 Å². The van der Waals surface area contributed by atoms with E-state index < -0.39 is 0 Å². The fourth-order valence-electron chi connectivity index (χ4n) is 5.14. The Morgan fingerprint density at radius 3 is 2.10 bits per heavy atom. The van der Waals surface area contributed by atoms with E-state index in [4.69, 9.17) is 4.74 Å². The van der Waals surface area contributed by atoms with Crippen molar-refractivity contribution in [3.8, 4) is 5.75 Å². The number of hydrogen-bond acceptors (Lipinski definition) is 2. The van der Waals surface area contributed by atoms with Gasteiger partial charge in [0.1, 0.15) is 5.75 Å². The first kappa shape index (κ1) is 13.2. The maximum Gasteiger partial charge on any atom is 0.251 e. The van der Waals surface area contributed by atoms with E-state index in [0.29, 0.717) is 6.04 Å². The van der Waals surface area contributed by atoms with Gasteiger partial charge in [0.2, 0.25) is 0 Å². The summed E-state index contributed by atoms with van der Waals surface area (Å²) in [5.41, 5.74) is 0.740. The van der Waals surface area contributed by atoms with Crippen LogP contribution in [0, 0.1) is 23.7 Å². The Bertz CT molecular complexity index is 509. The van der Waals surface area contributed by atoms with E-state index in [1.165, 1.54) is 32.1 Å². The molecule has 4 aliphatic carbocycles. The molecule has 0 aromatic heterocycles. The number of amides is 1. The second-order valence-electron chi connectivity index (χ2n) is 7.16. The van der Waals surface area contributed by atoms with E-state index in [9.17, 15) is 4.79 Å². The summed E-state index contributed by atoms with van der Waals surface area (Å²) in [4.78, 5) is 12.5. The van der Waals surface area contributed by atoms with Crippen molar-refractivity contribution in [2.75, 3.05) is 7.11 Å². The third-order valence-electron chi connectivity index (χ3n) is 5.88. The summed E-state index contributed by atoms with van der Waals surface area (Å²) in [6.07, 6.45) is 6.79. The van der Waals surface area contributed by atoms with Crippen LogP contribution in [-0.2, 0) is 0 Å². The van der Waals surface area contributed by atoms with Crippen LogP contribution < -0.4 is 10.1 Å². The maximum atomic E-state index is 12.5. The zero-order valence-electron chi connectivity index (χ0n) is 12.5. The average Bonchev–Trinajstić information content (AvgIpc) is 2.50. The largest absolute Gasteiger partial charge is 0.497 e. The number of hydrogen-bond donors (Lipinski definition) is 1. The van der Waals surface area contributed by atoms with Crippen molar-refractivity contribution in [1.82, 2.24) is 5.32 Å². The van der Waals surface area contributed by atoms with Crippen LogP contribution in [-0.4, -0.2) is 19.1 Å². The van der Waals surface area contributed by atoms with Gasteiger partial charge in [0.25, 0.3) is 5.91 Å². The summed E-state index contributed by atoms with van der Waals surface area (Å²) in [7, 11) is 1.64. The van der Waals surface area contributed by atoms with Crippen LogP contribution in [0.1, 0.15) is 42.5 Å². The fraction of sp³-hybridized carbons (Fsp3) is 0.611. The lowest BCUT2D eigenvalue weighted by Crippen LogP contribution is -2.55. The van der Waals surface area contributed by atoms with E-state index in [-0.39, 0.29) is 5.91 Å². The van der Waals surface area contributed by atoms with Crippen LogP contribution in [0.2, 0.25) is 0 Å². The lowest BCUT2D eigenvalue weighted by atomic mass is 9.54. The average molecular weight is 285 g/mol. The van der Waals surface area contributed by atoms with Crippen LogP contribution in [0.25, 0.3) is 0 Å². The molecule has 4 aliphatic rings. The Kier molecular flexibility index (Phi) is 3.16. The summed E-state index contributed by atoms with van der Waals surface area (Å²) >= 11 is 0. The Balaban J connectivity index is 1.46. The molecule has 0 radical (unpaired) electrons. The van der Waals surface area contributed by atoms with Crippen molar-refractivity contribution in [2.45, 2.75) is 38.1 Å². The van der Waals surface area contributed by atoms with Gasteiger partial charge in [-0.2, -0.15) is 0 Å². The van der Waals surface area contributed by atoms with Gasteiger partial charge in [0.15, 0.2) is 0 Å². The van der Waals surface area contributed by atoms with E-state index in [1.807, 2.05) is 24.3 Å². The molecule has 5 rings (SSSR count). The molecule has 0 unspecified atom stereocenters. The predicted octanol–water partition coefficient (Wildman–Crippen LogP) is 3.25. The van der Waals surface area contributed by atoms with Crippen molar-refractivity contribution in [2.24, 2.45) is 23.7 Å². The number of nitrogens with one attached hydrogen (secondary N) is 1. The zero-order chi connectivity index (χ0) is 14.4. The number of rotatable bonds is 3. The molecule has 1 aromatic carbocycles.